The van der Waals surface area contributed by atoms with Crippen LogP contribution in [0.1, 0.15) is 23.7 Å². The van der Waals surface area contributed by atoms with Crippen LogP contribution in [0.3, 0.4) is 0 Å². The predicted octanol–water partition coefficient (Wildman–Crippen LogP) is 5.76. The van der Waals surface area contributed by atoms with E-state index in [0.29, 0.717) is 18.2 Å². The van der Waals surface area contributed by atoms with Crippen LogP contribution in [0.2, 0.25) is 0 Å². The molecule has 0 aliphatic rings. The number of nitriles is 1. The van der Waals surface area contributed by atoms with Crippen molar-refractivity contribution in [1.82, 2.24) is 9.97 Å². The fraction of sp³-hybridized carbons (Fsp3) is 0.192. The lowest BCUT2D eigenvalue weighted by Gasteiger charge is -2.22. The zero-order valence-corrected chi connectivity index (χ0v) is 17.8. The van der Waals surface area contributed by atoms with Gasteiger partial charge in [-0.05, 0) is 49.7 Å². The first-order valence-corrected chi connectivity index (χ1v) is 10.1. The maximum absolute atomic E-state index is 10.1. The van der Waals surface area contributed by atoms with E-state index in [2.05, 4.69) is 16.0 Å². The average molecular weight is 409 g/mol. The third-order valence-electron chi connectivity index (χ3n) is 5.32. The Balaban J connectivity index is 1.64. The second kappa shape index (κ2) is 8.45. The molecule has 4 rings (SSSR count). The number of para-hydroxylation sites is 1. The highest BCUT2D eigenvalue weighted by atomic mass is 16.5. The smallest absolute Gasteiger partial charge is 0.219 e. The first-order chi connectivity index (χ1) is 15.0. The summed E-state index contributed by atoms with van der Waals surface area (Å²) in [6, 6.07) is 25.6. The van der Waals surface area contributed by atoms with Crippen LogP contribution in [0, 0.1) is 18.3 Å². The van der Waals surface area contributed by atoms with Gasteiger partial charge in [0.25, 0.3) is 0 Å². The maximum Gasteiger partial charge on any atom is 0.219 e. The summed E-state index contributed by atoms with van der Waals surface area (Å²) in [5, 5.41) is 11.1. The molecule has 0 aliphatic heterocycles. The van der Waals surface area contributed by atoms with Gasteiger partial charge in [0.05, 0.1) is 24.1 Å². The van der Waals surface area contributed by atoms with E-state index in [1.165, 1.54) is 0 Å². The van der Waals surface area contributed by atoms with Crippen molar-refractivity contribution in [2.24, 2.45) is 0 Å². The van der Waals surface area contributed by atoms with Gasteiger partial charge in [-0.1, -0.05) is 36.4 Å². The number of rotatable bonds is 6. The van der Waals surface area contributed by atoms with Gasteiger partial charge in [0.15, 0.2) is 0 Å². The minimum absolute atomic E-state index is 0.448. The van der Waals surface area contributed by atoms with E-state index in [4.69, 9.17) is 9.47 Å². The topological polar surface area (TPSA) is 68.0 Å². The summed E-state index contributed by atoms with van der Waals surface area (Å²) in [4.78, 5) is 9.22. The van der Waals surface area contributed by atoms with Gasteiger partial charge in [0.2, 0.25) is 11.8 Å². The van der Waals surface area contributed by atoms with Crippen LogP contribution in [0.15, 0.2) is 72.8 Å². The normalized spacial score (nSPS) is 12.7. The minimum Gasteiger partial charge on any atom is -0.481 e. The highest BCUT2D eigenvalue weighted by Gasteiger charge is 2.28. The molecule has 0 aliphatic carbocycles. The van der Waals surface area contributed by atoms with Crippen LogP contribution in [-0.4, -0.2) is 17.1 Å². The van der Waals surface area contributed by atoms with Crippen LogP contribution in [0.5, 0.6) is 17.5 Å². The van der Waals surface area contributed by atoms with E-state index < -0.39 is 5.41 Å². The summed E-state index contributed by atoms with van der Waals surface area (Å²) in [5.74, 6) is 1.82. The lowest BCUT2D eigenvalue weighted by Crippen LogP contribution is -2.23. The lowest BCUT2D eigenvalue weighted by molar-refractivity contribution is 0.396. The molecule has 5 heteroatoms. The molecular formula is C26H23N3O2. The number of nitrogens with zero attached hydrogens (tertiary/aromatic N) is 3. The van der Waals surface area contributed by atoms with Gasteiger partial charge in [0, 0.05) is 29.1 Å². The first-order valence-electron chi connectivity index (χ1n) is 10.1. The van der Waals surface area contributed by atoms with Gasteiger partial charge in [-0.25, -0.2) is 9.97 Å². The largest absolute Gasteiger partial charge is 0.481 e. The zero-order valence-electron chi connectivity index (χ0n) is 17.8. The Morgan fingerprint density at radius 3 is 2.52 bits per heavy atom. The molecule has 4 aromatic rings. The second-order valence-electron chi connectivity index (χ2n) is 7.72. The van der Waals surface area contributed by atoms with Crippen LogP contribution in [0.4, 0.5) is 0 Å². The number of pyridine rings is 2. The zero-order chi connectivity index (χ0) is 21.8. The summed E-state index contributed by atoms with van der Waals surface area (Å²) < 4.78 is 11.2. The van der Waals surface area contributed by atoms with Crippen LogP contribution >= 0.6 is 0 Å². The summed E-state index contributed by atoms with van der Waals surface area (Å²) in [6.45, 7) is 3.89. The molecule has 0 saturated heterocycles. The van der Waals surface area contributed by atoms with Crippen LogP contribution in [0.25, 0.3) is 10.9 Å². The number of hydrogen-bond acceptors (Lipinski definition) is 5. The summed E-state index contributed by atoms with van der Waals surface area (Å²) in [7, 11) is 1.61. The van der Waals surface area contributed by atoms with Gasteiger partial charge in [-0.15, -0.1) is 0 Å². The maximum atomic E-state index is 10.1. The molecule has 1 atom stereocenters. The third kappa shape index (κ3) is 4.34. The summed E-state index contributed by atoms with van der Waals surface area (Å²) in [5.41, 5.74) is 2.68. The number of hydrogen-bond donors (Lipinski definition) is 0. The molecular weight excluding hydrogens is 386 g/mol. The van der Waals surface area contributed by atoms with E-state index in [1.807, 2.05) is 86.6 Å². The van der Waals surface area contributed by atoms with Crippen molar-refractivity contribution in [3.63, 3.8) is 0 Å². The van der Waals surface area contributed by atoms with Crippen molar-refractivity contribution in [2.75, 3.05) is 7.11 Å². The fourth-order valence-electron chi connectivity index (χ4n) is 3.60. The van der Waals surface area contributed by atoms with E-state index in [9.17, 15) is 5.26 Å². The molecule has 2 heterocycles. The minimum atomic E-state index is -0.771. The predicted molar refractivity (Wildman–Crippen MR) is 120 cm³/mol. The Morgan fingerprint density at radius 1 is 0.968 bits per heavy atom. The van der Waals surface area contributed by atoms with E-state index in [-0.39, 0.29) is 0 Å². The molecule has 1 unspecified atom stereocenters. The molecule has 0 fully saturated rings. The molecule has 2 aromatic heterocycles. The van der Waals surface area contributed by atoms with Crippen LogP contribution in [-0.2, 0) is 11.8 Å². The van der Waals surface area contributed by atoms with Gasteiger partial charge in [-0.3, -0.25) is 0 Å². The standard InChI is InChI=1S/C26H23N3O2/c1-18-14-19-12-13-20(15-23(19)29-25(18)30-3)26(2,17-27)16-21-8-7-11-24(28-21)31-22-9-5-4-6-10-22/h4-15H,16H2,1-3H3. The molecule has 31 heavy (non-hydrogen) atoms. The molecule has 0 N–H and O–H groups in total. The van der Waals surface area contributed by atoms with Crippen molar-refractivity contribution < 1.29 is 9.47 Å². The van der Waals surface area contributed by atoms with Crippen molar-refractivity contribution in [1.29, 1.82) is 5.26 Å². The lowest BCUT2D eigenvalue weighted by atomic mass is 9.79. The average Bonchev–Trinajstić information content (AvgIpc) is 2.79. The van der Waals surface area contributed by atoms with Crippen molar-refractivity contribution in [2.45, 2.75) is 25.7 Å². The second-order valence-corrected chi connectivity index (χ2v) is 7.72. The number of aryl methyl sites for hydroxylation is 1. The van der Waals surface area contributed by atoms with E-state index in [1.54, 1.807) is 7.11 Å². The molecule has 0 bridgehead atoms. The SMILES string of the molecule is COc1nc2cc(C(C)(C#N)Cc3cccc(Oc4ccccc4)n3)ccc2cc1C. The Kier molecular flexibility index (Phi) is 5.55. The Labute approximate surface area is 181 Å². The monoisotopic (exact) mass is 409 g/mol. The van der Waals surface area contributed by atoms with Gasteiger partial charge in [-0.2, -0.15) is 5.26 Å². The van der Waals surface area contributed by atoms with Crippen molar-refractivity contribution in [3.8, 4) is 23.6 Å². The molecule has 0 saturated carbocycles. The number of benzene rings is 2. The highest BCUT2D eigenvalue weighted by molar-refractivity contribution is 5.81. The molecule has 2 aromatic carbocycles. The number of fused-ring (bicyclic) bond motifs is 1. The Hall–Kier alpha value is -3.91. The quantitative estimate of drug-likeness (QED) is 0.405. The van der Waals surface area contributed by atoms with E-state index >= 15 is 0 Å². The number of methoxy groups -OCH3 is 1. The van der Waals surface area contributed by atoms with Crippen molar-refractivity contribution in [3.05, 3.63) is 89.6 Å². The van der Waals surface area contributed by atoms with Gasteiger partial charge in [0.1, 0.15) is 5.75 Å². The molecule has 0 spiro atoms. The molecule has 154 valence electrons. The summed E-state index contributed by atoms with van der Waals surface area (Å²) in [6.07, 6.45) is 0.448. The third-order valence-corrected chi connectivity index (χ3v) is 5.32. The summed E-state index contributed by atoms with van der Waals surface area (Å²) >= 11 is 0. The molecule has 0 radical (unpaired) electrons. The highest BCUT2D eigenvalue weighted by Crippen LogP contribution is 2.31. The number of ether oxygens (including phenoxy) is 2. The van der Waals surface area contributed by atoms with Crippen molar-refractivity contribution >= 4 is 10.9 Å². The Morgan fingerprint density at radius 2 is 1.77 bits per heavy atom. The molecule has 0 amide bonds. The molecule has 5 nitrogen and oxygen atoms in total. The van der Waals surface area contributed by atoms with E-state index in [0.717, 1.165) is 33.5 Å². The fourth-order valence-corrected chi connectivity index (χ4v) is 3.60. The van der Waals surface area contributed by atoms with Gasteiger partial charge >= 0.3 is 0 Å². The Bertz CT molecular complexity index is 1260. The number of aromatic nitrogens is 2. The first kappa shape index (κ1) is 20.4. The van der Waals surface area contributed by atoms with Crippen LogP contribution < -0.4 is 9.47 Å². The van der Waals surface area contributed by atoms with Gasteiger partial charge < -0.3 is 9.47 Å².